The molecule has 0 fully saturated rings. The number of aliphatic hydroxyl groups is 1. The van der Waals surface area contributed by atoms with Crippen LogP contribution in [-0.2, 0) is 6.42 Å². The fourth-order valence-corrected chi connectivity index (χ4v) is 1.94. The van der Waals surface area contributed by atoms with Gasteiger partial charge in [-0.1, -0.05) is 24.6 Å². The first-order chi connectivity index (χ1) is 7.42. The molecule has 2 heteroatoms. The van der Waals surface area contributed by atoms with Gasteiger partial charge >= 0.3 is 0 Å². The number of fused-ring (bicyclic) bond motifs is 1. The van der Waals surface area contributed by atoms with Crippen molar-refractivity contribution in [3.63, 3.8) is 0 Å². The zero-order valence-corrected chi connectivity index (χ0v) is 8.87. The summed E-state index contributed by atoms with van der Waals surface area (Å²) in [5.41, 5.74) is 2.61. The molecule has 2 rings (SSSR count). The van der Waals surface area contributed by atoms with E-state index >= 15 is 0 Å². The Bertz CT molecular complexity index is 419. The molecule has 0 amide bonds. The smallest absolute Gasteiger partial charge is 0.0456 e. The van der Waals surface area contributed by atoms with Crippen molar-refractivity contribution in [2.45, 2.75) is 25.7 Å². The summed E-state index contributed by atoms with van der Waals surface area (Å²) in [5, 5.41) is 10.0. The number of benzene rings is 1. The van der Waals surface area contributed by atoms with E-state index in [0.717, 1.165) is 25.7 Å². The van der Waals surface area contributed by atoms with E-state index in [0.29, 0.717) is 6.61 Å². The summed E-state index contributed by atoms with van der Waals surface area (Å²) in [7, 11) is 0. The lowest BCUT2D eigenvalue weighted by Crippen LogP contribution is -1.86. The van der Waals surface area contributed by atoms with E-state index in [2.05, 4.69) is 29.4 Å². The molecule has 0 unspecified atom stereocenters. The summed E-state index contributed by atoms with van der Waals surface area (Å²) >= 11 is 0. The van der Waals surface area contributed by atoms with Crippen LogP contribution < -0.4 is 0 Å². The molecule has 0 aliphatic carbocycles. The molecule has 1 aromatic carbocycles. The Balaban J connectivity index is 2.02. The van der Waals surface area contributed by atoms with Crippen molar-refractivity contribution >= 4 is 10.9 Å². The average molecular weight is 203 g/mol. The fraction of sp³-hybridized carbons (Fsp3) is 0.385. The van der Waals surface area contributed by atoms with E-state index in [1.54, 1.807) is 0 Å². The third-order valence-electron chi connectivity index (χ3n) is 2.78. The van der Waals surface area contributed by atoms with Crippen LogP contribution in [0.3, 0.4) is 0 Å². The predicted octanol–water partition coefficient (Wildman–Crippen LogP) is 2.87. The first-order valence-corrected chi connectivity index (χ1v) is 5.57. The first-order valence-electron chi connectivity index (χ1n) is 5.57. The van der Waals surface area contributed by atoms with E-state index < -0.39 is 0 Å². The Labute approximate surface area is 89.9 Å². The third kappa shape index (κ3) is 2.39. The normalized spacial score (nSPS) is 11.0. The summed E-state index contributed by atoms with van der Waals surface area (Å²) < 4.78 is 0. The van der Waals surface area contributed by atoms with Crippen LogP contribution in [0.2, 0.25) is 0 Å². The van der Waals surface area contributed by atoms with Gasteiger partial charge in [0.25, 0.3) is 0 Å². The fourth-order valence-electron chi connectivity index (χ4n) is 1.94. The molecule has 1 heterocycles. The van der Waals surface area contributed by atoms with E-state index in [-0.39, 0.29) is 0 Å². The molecule has 0 spiro atoms. The van der Waals surface area contributed by atoms with Crippen molar-refractivity contribution in [3.05, 3.63) is 36.0 Å². The number of aryl methyl sites for hydroxylation is 1. The van der Waals surface area contributed by atoms with Crippen molar-refractivity contribution in [1.82, 2.24) is 4.98 Å². The number of nitrogens with one attached hydrogen (secondary N) is 1. The molecule has 1 aromatic heterocycles. The maximum atomic E-state index is 8.69. The van der Waals surface area contributed by atoms with Crippen LogP contribution in [0.25, 0.3) is 10.9 Å². The number of H-pyrrole nitrogens is 1. The van der Waals surface area contributed by atoms with Gasteiger partial charge in [0, 0.05) is 23.7 Å². The van der Waals surface area contributed by atoms with Gasteiger partial charge in [0.1, 0.15) is 0 Å². The van der Waals surface area contributed by atoms with Crippen molar-refractivity contribution in [3.8, 4) is 0 Å². The SMILES string of the molecule is OCCCCCc1c[nH]c2ccccc12. The molecule has 0 saturated heterocycles. The number of aromatic nitrogens is 1. The van der Waals surface area contributed by atoms with E-state index in [4.69, 9.17) is 5.11 Å². The van der Waals surface area contributed by atoms with Crippen LogP contribution in [0.4, 0.5) is 0 Å². The van der Waals surface area contributed by atoms with Gasteiger partial charge in [-0.2, -0.15) is 0 Å². The lowest BCUT2D eigenvalue weighted by Gasteiger charge is -1.98. The molecule has 2 N–H and O–H groups in total. The first kappa shape index (κ1) is 10.2. The van der Waals surface area contributed by atoms with Gasteiger partial charge in [0.2, 0.25) is 0 Å². The van der Waals surface area contributed by atoms with Crippen LogP contribution in [0.15, 0.2) is 30.5 Å². The van der Waals surface area contributed by atoms with Crippen molar-refractivity contribution in [2.24, 2.45) is 0 Å². The number of unbranched alkanes of at least 4 members (excludes halogenated alkanes) is 2. The summed E-state index contributed by atoms with van der Waals surface area (Å²) in [6, 6.07) is 8.39. The highest BCUT2D eigenvalue weighted by Gasteiger charge is 2.01. The Morgan fingerprint density at radius 3 is 2.80 bits per heavy atom. The van der Waals surface area contributed by atoms with Crippen LogP contribution in [0.1, 0.15) is 24.8 Å². The highest BCUT2D eigenvalue weighted by Crippen LogP contribution is 2.19. The van der Waals surface area contributed by atoms with Gasteiger partial charge in [0.05, 0.1) is 0 Å². The number of rotatable bonds is 5. The number of aliphatic hydroxyl groups excluding tert-OH is 1. The number of aromatic amines is 1. The van der Waals surface area contributed by atoms with Gasteiger partial charge in [-0.25, -0.2) is 0 Å². The quantitative estimate of drug-likeness (QED) is 0.720. The van der Waals surface area contributed by atoms with Crippen LogP contribution in [0, 0.1) is 0 Å². The Morgan fingerprint density at radius 1 is 1.07 bits per heavy atom. The van der Waals surface area contributed by atoms with E-state index in [1.807, 2.05) is 6.07 Å². The minimum Gasteiger partial charge on any atom is -0.396 e. The lowest BCUT2D eigenvalue weighted by molar-refractivity contribution is 0.283. The zero-order chi connectivity index (χ0) is 10.5. The third-order valence-corrected chi connectivity index (χ3v) is 2.78. The largest absolute Gasteiger partial charge is 0.396 e. The van der Waals surface area contributed by atoms with Crippen molar-refractivity contribution in [2.75, 3.05) is 6.61 Å². The van der Waals surface area contributed by atoms with Gasteiger partial charge in [-0.15, -0.1) is 0 Å². The van der Waals surface area contributed by atoms with Crippen molar-refractivity contribution < 1.29 is 5.11 Å². The lowest BCUT2D eigenvalue weighted by atomic mass is 10.1. The van der Waals surface area contributed by atoms with Gasteiger partial charge < -0.3 is 10.1 Å². The van der Waals surface area contributed by atoms with Crippen LogP contribution in [0.5, 0.6) is 0 Å². The highest BCUT2D eigenvalue weighted by molar-refractivity contribution is 5.82. The second-order valence-electron chi connectivity index (χ2n) is 3.89. The molecular formula is C13H17NO. The van der Waals surface area contributed by atoms with Gasteiger partial charge in [-0.3, -0.25) is 0 Å². The van der Waals surface area contributed by atoms with Crippen molar-refractivity contribution in [1.29, 1.82) is 0 Å². The Morgan fingerprint density at radius 2 is 1.93 bits per heavy atom. The zero-order valence-electron chi connectivity index (χ0n) is 8.87. The number of hydrogen-bond acceptors (Lipinski definition) is 1. The van der Waals surface area contributed by atoms with Gasteiger partial charge in [-0.05, 0) is 30.9 Å². The Hall–Kier alpha value is -1.28. The molecular weight excluding hydrogens is 186 g/mol. The average Bonchev–Trinajstić information content (AvgIpc) is 2.68. The molecule has 80 valence electrons. The maximum absolute atomic E-state index is 8.69. The number of hydrogen-bond donors (Lipinski definition) is 2. The molecule has 0 aliphatic heterocycles. The molecule has 0 atom stereocenters. The molecule has 0 bridgehead atoms. The number of para-hydroxylation sites is 1. The maximum Gasteiger partial charge on any atom is 0.0456 e. The highest BCUT2D eigenvalue weighted by atomic mass is 16.2. The van der Waals surface area contributed by atoms with Gasteiger partial charge in [0.15, 0.2) is 0 Å². The van der Waals surface area contributed by atoms with E-state index in [1.165, 1.54) is 16.5 Å². The minimum absolute atomic E-state index is 0.313. The summed E-state index contributed by atoms with van der Waals surface area (Å²) in [4.78, 5) is 3.28. The van der Waals surface area contributed by atoms with Crippen LogP contribution in [-0.4, -0.2) is 16.7 Å². The molecule has 0 saturated carbocycles. The molecule has 15 heavy (non-hydrogen) atoms. The molecule has 2 aromatic rings. The van der Waals surface area contributed by atoms with E-state index in [9.17, 15) is 0 Å². The summed E-state index contributed by atoms with van der Waals surface area (Å²) in [6.07, 6.45) is 6.38. The summed E-state index contributed by atoms with van der Waals surface area (Å²) in [5.74, 6) is 0. The minimum atomic E-state index is 0.313. The molecule has 2 nitrogen and oxygen atoms in total. The second kappa shape index (κ2) is 4.99. The van der Waals surface area contributed by atoms with Crippen LogP contribution >= 0.6 is 0 Å². The summed E-state index contributed by atoms with van der Waals surface area (Å²) in [6.45, 7) is 0.313. The topological polar surface area (TPSA) is 36.0 Å². The standard InChI is InChI=1S/C13H17NO/c15-9-5-1-2-6-11-10-14-13-8-4-3-7-12(11)13/h3-4,7-8,10,14-15H,1-2,5-6,9H2. The monoisotopic (exact) mass is 203 g/mol. The Kier molecular flexibility index (Phi) is 3.41. The molecule has 0 radical (unpaired) electrons. The molecule has 0 aliphatic rings. The second-order valence-corrected chi connectivity index (χ2v) is 3.89. The predicted molar refractivity (Wildman–Crippen MR) is 62.9 cm³/mol.